The number of anilines is 2. The smallest absolute Gasteiger partial charge is 0.201 e. The van der Waals surface area contributed by atoms with Gasteiger partial charge in [0.2, 0.25) is 5.65 Å². The van der Waals surface area contributed by atoms with E-state index in [4.69, 9.17) is 5.10 Å². The molecule has 1 fully saturated rings. The van der Waals surface area contributed by atoms with Crippen molar-refractivity contribution >= 4 is 17.2 Å². The monoisotopic (exact) mass is 350 g/mol. The van der Waals surface area contributed by atoms with Crippen molar-refractivity contribution < 1.29 is 0 Å². The summed E-state index contributed by atoms with van der Waals surface area (Å²) in [5, 5.41) is 20.6. The first-order chi connectivity index (χ1) is 12.7. The molecule has 136 valence electrons. The third-order valence-electron chi connectivity index (χ3n) is 4.94. The molecule has 6 nitrogen and oxygen atoms in total. The number of hydrogen-bond donors (Lipinski definition) is 2. The summed E-state index contributed by atoms with van der Waals surface area (Å²) in [5.74, 6) is 2.04. The molecule has 3 aromatic rings. The van der Waals surface area contributed by atoms with Gasteiger partial charge >= 0.3 is 0 Å². The minimum atomic E-state index is 0.265. The molecule has 1 saturated carbocycles. The third-order valence-corrected chi connectivity index (χ3v) is 4.94. The predicted molar refractivity (Wildman–Crippen MR) is 105 cm³/mol. The van der Waals surface area contributed by atoms with E-state index in [0.29, 0.717) is 6.04 Å². The normalized spacial score (nSPS) is 15.0. The Morgan fingerprint density at radius 1 is 1.12 bits per heavy atom. The van der Waals surface area contributed by atoms with Gasteiger partial charge in [0.25, 0.3) is 0 Å². The average Bonchev–Trinajstić information content (AvgIpc) is 3.30. The second-order valence-electron chi connectivity index (χ2n) is 7.36. The highest BCUT2D eigenvalue weighted by Crippen LogP contribution is 2.26. The highest BCUT2D eigenvalue weighted by molar-refractivity contribution is 5.70. The van der Waals surface area contributed by atoms with Crippen molar-refractivity contribution in [2.75, 3.05) is 10.6 Å². The van der Waals surface area contributed by atoms with Crippen LogP contribution in [0.25, 0.3) is 5.65 Å². The molecule has 26 heavy (non-hydrogen) atoms. The summed E-state index contributed by atoms with van der Waals surface area (Å²) in [7, 11) is 0. The van der Waals surface area contributed by atoms with Crippen LogP contribution in [0, 0.1) is 0 Å². The Labute approximate surface area is 154 Å². The fourth-order valence-corrected chi connectivity index (χ4v) is 3.53. The Hall–Kier alpha value is -2.63. The number of benzene rings is 1. The maximum Gasteiger partial charge on any atom is 0.201 e. The van der Waals surface area contributed by atoms with Crippen molar-refractivity contribution in [3.8, 4) is 0 Å². The first kappa shape index (κ1) is 16.8. The Morgan fingerprint density at radius 2 is 1.88 bits per heavy atom. The van der Waals surface area contributed by atoms with Gasteiger partial charge in [0.15, 0.2) is 5.82 Å². The van der Waals surface area contributed by atoms with E-state index < -0.39 is 0 Å². The lowest BCUT2D eigenvalue weighted by atomic mass is 10.2. The maximum atomic E-state index is 4.78. The van der Waals surface area contributed by atoms with E-state index in [0.717, 1.165) is 29.5 Å². The molecule has 1 aliphatic carbocycles. The zero-order chi connectivity index (χ0) is 17.9. The Morgan fingerprint density at radius 3 is 2.62 bits per heavy atom. The minimum Gasteiger partial charge on any atom is -0.378 e. The predicted octanol–water partition coefficient (Wildman–Crippen LogP) is 4.21. The van der Waals surface area contributed by atoms with Gasteiger partial charge in [-0.05, 0) is 18.4 Å². The number of hydrogen-bond acceptors (Lipinski definition) is 5. The molecule has 6 heteroatoms. The molecule has 0 unspecified atom stereocenters. The van der Waals surface area contributed by atoms with Gasteiger partial charge in [-0.2, -0.15) is 4.52 Å². The molecule has 2 N–H and O–H groups in total. The van der Waals surface area contributed by atoms with Crippen molar-refractivity contribution in [3.05, 3.63) is 47.8 Å². The highest BCUT2D eigenvalue weighted by atomic mass is 15.4. The van der Waals surface area contributed by atoms with Gasteiger partial charge in [0.1, 0.15) is 5.82 Å². The van der Waals surface area contributed by atoms with E-state index in [9.17, 15) is 0 Å². The van der Waals surface area contributed by atoms with Crippen LogP contribution in [0.3, 0.4) is 0 Å². The molecule has 0 saturated heterocycles. The molecule has 2 heterocycles. The molecule has 1 aromatic carbocycles. The lowest BCUT2D eigenvalue weighted by Gasteiger charge is -2.15. The van der Waals surface area contributed by atoms with Crippen molar-refractivity contribution in [2.45, 2.75) is 58.0 Å². The number of aromatic nitrogens is 4. The topological polar surface area (TPSA) is 67.1 Å². The van der Waals surface area contributed by atoms with Gasteiger partial charge in [-0.15, -0.1) is 15.3 Å². The molecular formula is C20H26N6. The minimum absolute atomic E-state index is 0.265. The van der Waals surface area contributed by atoms with E-state index in [-0.39, 0.29) is 5.92 Å². The first-order valence-electron chi connectivity index (χ1n) is 9.51. The van der Waals surface area contributed by atoms with E-state index in [1.54, 1.807) is 0 Å². The maximum absolute atomic E-state index is 4.78. The summed E-state index contributed by atoms with van der Waals surface area (Å²) >= 11 is 0. The molecule has 0 spiro atoms. The van der Waals surface area contributed by atoms with Crippen LogP contribution in [-0.2, 0) is 6.54 Å². The van der Waals surface area contributed by atoms with Crippen LogP contribution in [0.4, 0.5) is 11.5 Å². The van der Waals surface area contributed by atoms with Gasteiger partial charge in [0.05, 0.1) is 5.69 Å². The summed E-state index contributed by atoms with van der Waals surface area (Å²) in [5.41, 5.74) is 2.97. The summed E-state index contributed by atoms with van der Waals surface area (Å²) < 4.78 is 1.88. The van der Waals surface area contributed by atoms with Crippen LogP contribution < -0.4 is 10.6 Å². The quantitative estimate of drug-likeness (QED) is 0.697. The molecule has 0 aliphatic heterocycles. The molecule has 2 aromatic heterocycles. The number of fused-ring (bicyclic) bond motifs is 1. The molecule has 0 bridgehead atoms. The molecule has 4 rings (SSSR count). The van der Waals surface area contributed by atoms with E-state index in [2.05, 4.69) is 65.0 Å². The van der Waals surface area contributed by atoms with Crippen molar-refractivity contribution in [1.82, 2.24) is 19.8 Å². The number of nitrogens with one attached hydrogen (secondary N) is 2. The molecule has 0 atom stereocenters. The zero-order valence-corrected chi connectivity index (χ0v) is 15.4. The van der Waals surface area contributed by atoms with Crippen LogP contribution in [0.15, 0.2) is 36.4 Å². The fraction of sp³-hybridized carbons (Fsp3) is 0.450. The summed E-state index contributed by atoms with van der Waals surface area (Å²) in [4.78, 5) is 0. The van der Waals surface area contributed by atoms with Crippen LogP contribution in [0.2, 0.25) is 0 Å². The lowest BCUT2D eigenvalue weighted by molar-refractivity contribution is 0.709. The Kier molecular flexibility index (Phi) is 4.73. The lowest BCUT2D eigenvalue weighted by Crippen LogP contribution is -2.17. The van der Waals surface area contributed by atoms with Crippen LogP contribution in [0.1, 0.15) is 56.8 Å². The Balaban J connectivity index is 1.66. The van der Waals surface area contributed by atoms with Gasteiger partial charge in [-0.1, -0.05) is 57.0 Å². The SMILES string of the molecule is CC(C)c1nnc2c(NCc3ccccc3)cc(NC3CCCC3)nn12. The zero-order valence-electron chi connectivity index (χ0n) is 15.4. The average molecular weight is 350 g/mol. The molecule has 1 aliphatic rings. The molecule has 0 amide bonds. The number of nitrogens with zero attached hydrogens (tertiary/aromatic N) is 4. The second kappa shape index (κ2) is 7.32. The summed E-state index contributed by atoms with van der Waals surface area (Å²) in [6.07, 6.45) is 5.02. The highest BCUT2D eigenvalue weighted by Gasteiger charge is 2.19. The van der Waals surface area contributed by atoms with Crippen LogP contribution in [0.5, 0.6) is 0 Å². The third kappa shape index (κ3) is 3.49. The van der Waals surface area contributed by atoms with Gasteiger partial charge in [-0.3, -0.25) is 0 Å². The molecule has 0 radical (unpaired) electrons. The van der Waals surface area contributed by atoms with Crippen LogP contribution in [-0.4, -0.2) is 25.9 Å². The first-order valence-corrected chi connectivity index (χ1v) is 9.51. The Bertz CT molecular complexity index is 865. The van der Waals surface area contributed by atoms with Gasteiger partial charge in [-0.25, -0.2) is 0 Å². The van der Waals surface area contributed by atoms with Gasteiger partial charge < -0.3 is 10.6 Å². The van der Waals surface area contributed by atoms with Crippen molar-refractivity contribution in [2.24, 2.45) is 0 Å². The summed E-state index contributed by atoms with van der Waals surface area (Å²) in [6, 6.07) is 13.0. The summed E-state index contributed by atoms with van der Waals surface area (Å²) in [6.45, 7) is 4.98. The van der Waals surface area contributed by atoms with E-state index >= 15 is 0 Å². The van der Waals surface area contributed by atoms with Crippen LogP contribution >= 0.6 is 0 Å². The fourth-order valence-electron chi connectivity index (χ4n) is 3.53. The second-order valence-corrected chi connectivity index (χ2v) is 7.36. The van der Waals surface area contributed by atoms with Crippen molar-refractivity contribution in [3.63, 3.8) is 0 Å². The van der Waals surface area contributed by atoms with E-state index in [1.165, 1.54) is 31.2 Å². The standard InChI is InChI=1S/C20H26N6/c1-14(2)19-23-24-20-17(21-13-15-8-4-3-5-9-15)12-18(25-26(19)20)22-16-10-6-7-11-16/h3-5,8-9,12,14,16,21H,6-7,10-11,13H2,1-2H3,(H,22,25). The van der Waals surface area contributed by atoms with Crippen molar-refractivity contribution in [1.29, 1.82) is 0 Å². The molecular weight excluding hydrogens is 324 g/mol. The van der Waals surface area contributed by atoms with Gasteiger partial charge in [0, 0.05) is 24.6 Å². The number of rotatable bonds is 6. The largest absolute Gasteiger partial charge is 0.378 e. The van der Waals surface area contributed by atoms with E-state index in [1.807, 2.05) is 10.6 Å².